The third kappa shape index (κ3) is 5.31. The number of aromatic nitrogens is 2. The Labute approximate surface area is 171 Å². The number of ether oxygens (including phenoxy) is 1. The van der Waals surface area contributed by atoms with Crippen LogP contribution < -0.4 is 15.4 Å². The van der Waals surface area contributed by atoms with E-state index in [0.717, 1.165) is 28.3 Å². The fourth-order valence-corrected chi connectivity index (χ4v) is 2.95. The van der Waals surface area contributed by atoms with Crippen LogP contribution in [0.4, 0.5) is 17.2 Å². The maximum absolute atomic E-state index is 12.8. The van der Waals surface area contributed by atoms with Crippen LogP contribution in [0.15, 0.2) is 48.5 Å². The van der Waals surface area contributed by atoms with Crippen molar-refractivity contribution in [1.29, 1.82) is 0 Å². The zero-order valence-corrected chi connectivity index (χ0v) is 17.4. The van der Waals surface area contributed by atoms with Gasteiger partial charge in [-0.25, -0.2) is 9.97 Å². The normalized spacial score (nSPS) is 10.7. The number of carbonyl (C=O) groups excluding carboxylic acids is 1. The second-order valence-electron chi connectivity index (χ2n) is 7.25. The number of nitrogens with zero attached hydrogens (tertiary/aromatic N) is 2. The lowest BCUT2D eigenvalue weighted by atomic mass is 10.1. The number of amides is 1. The van der Waals surface area contributed by atoms with Crippen LogP contribution in [-0.2, 0) is 0 Å². The van der Waals surface area contributed by atoms with E-state index in [4.69, 9.17) is 4.74 Å². The second kappa shape index (κ2) is 8.73. The number of hydrogen-bond donors (Lipinski definition) is 2. The SMILES string of the molecule is Cc1ccc(NC(=O)c2cc(Nc3ccccc3OC(C)C)nc(C)n2)c(C)c1. The van der Waals surface area contributed by atoms with Crippen molar-refractivity contribution in [1.82, 2.24) is 9.97 Å². The molecular weight excluding hydrogens is 364 g/mol. The van der Waals surface area contributed by atoms with Crippen molar-refractivity contribution in [2.45, 2.75) is 40.7 Å². The molecule has 0 spiro atoms. The lowest BCUT2D eigenvalue weighted by Crippen LogP contribution is -2.16. The van der Waals surface area contributed by atoms with Crippen LogP contribution in [0.1, 0.15) is 41.3 Å². The molecule has 150 valence electrons. The number of rotatable bonds is 6. The summed E-state index contributed by atoms with van der Waals surface area (Å²) in [6.45, 7) is 9.69. The first-order chi connectivity index (χ1) is 13.8. The molecular formula is C23H26N4O2. The van der Waals surface area contributed by atoms with Gasteiger partial charge in [0.2, 0.25) is 0 Å². The van der Waals surface area contributed by atoms with Crippen molar-refractivity contribution in [2.75, 3.05) is 10.6 Å². The topological polar surface area (TPSA) is 76.1 Å². The average Bonchev–Trinajstić information content (AvgIpc) is 2.64. The zero-order valence-electron chi connectivity index (χ0n) is 17.4. The predicted molar refractivity (Wildman–Crippen MR) is 116 cm³/mol. The van der Waals surface area contributed by atoms with Crippen LogP contribution in [0, 0.1) is 20.8 Å². The molecule has 29 heavy (non-hydrogen) atoms. The van der Waals surface area contributed by atoms with Gasteiger partial charge in [0.1, 0.15) is 23.1 Å². The number of anilines is 3. The van der Waals surface area contributed by atoms with E-state index in [1.54, 1.807) is 13.0 Å². The molecule has 0 unspecified atom stereocenters. The Kier molecular flexibility index (Phi) is 6.12. The summed E-state index contributed by atoms with van der Waals surface area (Å²) >= 11 is 0. The highest BCUT2D eigenvalue weighted by Crippen LogP contribution is 2.28. The van der Waals surface area contributed by atoms with Gasteiger partial charge in [0.15, 0.2) is 0 Å². The van der Waals surface area contributed by atoms with Gasteiger partial charge in [-0.1, -0.05) is 29.8 Å². The minimum atomic E-state index is -0.280. The summed E-state index contributed by atoms with van der Waals surface area (Å²) in [5.41, 5.74) is 3.98. The van der Waals surface area contributed by atoms with Crippen molar-refractivity contribution in [3.63, 3.8) is 0 Å². The molecule has 0 bridgehead atoms. The number of para-hydroxylation sites is 2. The fraction of sp³-hybridized carbons (Fsp3) is 0.261. The first-order valence-corrected chi connectivity index (χ1v) is 9.59. The molecule has 3 aromatic rings. The van der Waals surface area contributed by atoms with E-state index < -0.39 is 0 Å². The van der Waals surface area contributed by atoms with E-state index in [2.05, 4.69) is 20.6 Å². The van der Waals surface area contributed by atoms with E-state index >= 15 is 0 Å². The molecule has 1 heterocycles. The Morgan fingerprint density at radius 1 is 0.966 bits per heavy atom. The van der Waals surface area contributed by atoms with E-state index in [-0.39, 0.29) is 12.0 Å². The summed E-state index contributed by atoms with van der Waals surface area (Å²) < 4.78 is 5.84. The van der Waals surface area contributed by atoms with Crippen LogP contribution in [0.2, 0.25) is 0 Å². The molecule has 2 aromatic carbocycles. The first-order valence-electron chi connectivity index (χ1n) is 9.59. The fourth-order valence-electron chi connectivity index (χ4n) is 2.95. The molecule has 1 amide bonds. The number of nitrogens with one attached hydrogen (secondary N) is 2. The van der Waals surface area contributed by atoms with Crippen molar-refractivity contribution >= 4 is 23.1 Å². The number of benzene rings is 2. The summed E-state index contributed by atoms with van der Waals surface area (Å²) in [6, 6.07) is 15.2. The molecule has 2 N–H and O–H groups in total. The summed E-state index contributed by atoms with van der Waals surface area (Å²) in [5.74, 6) is 1.48. The van der Waals surface area contributed by atoms with Gasteiger partial charge in [-0.15, -0.1) is 0 Å². The predicted octanol–water partition coefficient (Wildman–Crippen LogP) is 5.18. The Morgan fingerprint density at radius 3 is 2.45 bits per heavy atom. The molecule has 0 saturated heterocycles. The summed E-state index contributed by atoms with van der Waals surface area (Å²) in [6.07, 6.45) is 0.0455. The van der Waals surface area contributed by atoms with Gasteiger partial charge in [0.25, 0.3) is 5.91 Å². The van der Waals surface area contributed by atoms with Gasteiger partial charge < -0.3 is 15.4 Å². The van der Waals surface area contributed by atoms with Gasteiger partial charge >= 0.3 is 0 Å². The van der Waals surface area contributed by atoms with Gasteiger partial charge in [0, 0.05) is 11.8 Å². The molecule has 6 nitrogen and oxygen atoms in total. The Hall–Kier alpha value is -3.41. The molecule has 1 aromatic heterocycles. The third-order valence-electron chi connectivity index (χ3n) is 4.21. The van der Waals surface area contributed by atoms with Gasteiger partial charge in [0.05, 0.1) is 11.8 Å². The third-order valence-corrected chi connectivity index (χ3v) is 4.21. The van der Waals surface area contributed by atoms with E-state index in [0.29, 0.717) is 17.3 Å². The highest BCUT2D eigenvalue weighted by atomic mass is 16.5. The summed E-state index contributed by atoms with van der Waals surface area (Å²) in [4.78, 5) is 21.5. The standard InChI is InChI=1S/C23H26N4O2/c1-14(2)29-21-9-7-6-8-19(21)26-22-13-20(24-17(5)25-22)23(28)27-18-11-10-15(3)12-16(18)4/h6-14H,1-5H3,(H,27,28)(H,24,25,26). The molecule has 0 aliphatic heterocycles. The van der Waals surface area contributed by atoms with Crippen molar-refractivity contribution in [2.24, 2.45) is 0 Å². The molecule has 0 saturated carbocycles. The van der Waals surface area contributed by atoms with Crippen LogP contribution >= 0.6 is 0 Å². The minimum absolute atomic E-state index is 0.0455. The lowest BCUT2D eigenvalue weighted by Gasteiger charge is -2.15. The van der Waals surface area contributed by atoms with Crippen LogP contribution in [0.3, 0.4) is 0 Å². The Balaban J connectivity index is 1.84. The lowest BCUT2D eigenvalue weighted by molar-refractivity contribution is 0.102. The quantitative estimate of drug-likeness (QED) is 0.606. The maximum Gasteiger partial charge on any atom is 0.274 e. The molecule has 0 aliphatic rings. The maximum atomic E-state index is 12.8. The minimum Gasteiger partial charge on any atom is -0.489 e. The Bertz CT molecular complexity index is 1030. The van der Waals surface area contributed by atoms with Crippen molar-refractivity contribution < 1.29 is 9.53 Å². The van der Waals surface area contributed by atoms with Crippen LogP contribution in [-0.4, -0.2) is 22.0 Å². The molecule has 0 fully saturated rings. The average molecular weight is 390 g/mol. The zero-order chi connectivity index (χ0) is 21.0. The highest BCUT2D eigenvalue weighted by Gasteiger charge is 2.13. The molecule has 0 aliphatic carbocycles. The summed E-state index contributed by atoms with van der Waals surface area (Å²) in [7, 11) is 0. The monoisotopic (exact) mass is 390 g/mol. The van der Waals surface area contributed by atoms with Gasteiger partial charge in [-0.05, 0) is 58.4 Å². The van der Waals surface area contributed by atoms with Gasteiger partial charge in [-0.3, -0.25) is 4.79 Å². The smallest absolute Gasteiger partial charge is 0.274 e. The van der Waals surface area contributed by atoms with Crippen LogP contribution in [0.25, 0.3) is 0 Å². The second-order valence-corrected chi connectivity index (χ2v) is 7.25. The van der Waals surface area contributed by atoms with Gasteiger partial charge in [-0.2, -0.15) is 0 Å². The Morgan fingerprint density at radius 2 is 1.72 bits per heavy atom. The molecule has 0 atom stereocenters. The van der Waals surface area contributed by atoms with E-state index in [1.165, 1.54) is 0 Å². The molecule has 0 radical (unpaired) electrons. The first kappa shape index (κ1) is 20.3. The number of carbonyl (C=O) groups is 1. The largest absolute Gasteiger partial charge is 0.489 e. The number of aryl methyl sites for hydroxylation is 3. The molecule has 3 rings (SSSR count). The highest BCUT2D eigenvalue weighted by molar-refractivity contribution is 6.03. The number of hydrogen-bond acceptors (Lipinski definition) is 5. The molecule has 6 heteroatoms. The van der Waals surface area contributed by atoms with Crippen LogP contribution in [0.5, 0.6) is 5.75 Å². The van der Waals surface area contributed by atoms with Crippen molar-refractivity contribution in [3.8, 4) is 5.75 Å². The van der Waals surface area contributed by atoms with E-state index in [1.807, 2.05) is 70.2 Å². The summed E-state index contributed by atoms with van der Waals surface area (Å²) in [5, 5.41) is 6.17. The van der Waals surface area contributed by atoms with E-state index in [9.17, 15) is 4.79 Å². The van der Waals surface area contributed by atoms with Crippen molar-refractivity contribution in [3.05, 3.63) is 71.2 Å².